The van der Waals surface area contributed by atoms with Crippen LogP contribution in [0.2, 0.25) is 0 Å². The lowest BCUT2D eigenvalue weighted by Crippen LogP contribution is -2.35. The number of nitrogens with zero attached hydrogens (tertiary/aromatic N) is 2. The number of rotatable bonds is 1. The normalized spacial score (nSPS) is 30.2. The van der Waals surface area contributed by atoms with Crippen molar-refractivity contribution in [2.24, 2.45) is 0 Å². The number of aliphatic hydroxyl groups is 1. The Morgan fingerprint density at radius 3 is 3.18 bits per heavy atom. The third-order valence-corrected chi connectivity index (χ3v) is 4.77. The summed E-state index contributed by atoms with van der Waals surface area (Å²) in [6.07, 6.45) is 2.72. The van der Waals surface area contributed by atoms with Crippen LogP contribution in [0.15, 0.2) is 0 Å². The Balaban J connectivity index is 1.83. The zero-order chi connectivity index (χ0) is 11.8. The molecule has 1 saturated heterocycles. The molecule has 3 rings (SSSR count). The second kappa shape index (κ2) is 4.65. The topological polar surface area (TPSA) is 45.6 Å². The molecular weight excluding hydrogens is 236 g/mol. The number of morpholine rings is 1. The van der Waals surface area contributed by atoms with Crippen LogP contribution in [0.5, 0.6) is 0 Å². The number of thiazole rings is 1. The second-order valence-electron chi connectivity index (χ2n) is 4.89. The molecule has 0 saturated carbocycles. The van der Waals surface area contributed by atoms with Gasteiger partial charge in [0.25, 0.3) is 0 Å². The Bertz CT molecular complexity index is 407. The van der Waals surface area contributed by atoms with Gasteiger partial charge in [0.15, 0.2) is 0 Å². The predicted octanol–water partition coefficient (Wildman–Crippen LogP) is 1.52. The van der Waals surface area contributed by atoms with Crippen LogP contribution in [0.1, 0.15) is 40.6 Å². The maximum atomic E-state index is 9.94. The van der Waals surface area contributed by atoms with Crippen LogP contribution in [0.25, 0.3) is 0 Å². The van der Waals surface area contributed by atoms with Crippen molar-refractivity contribution in [1.82, 2.24) is 9.88 Å². The summed E-state index contributed by atoms with van der Waals surface area (Å²) in [5.74, 6) is 0. The van der Waals surface area contributed by atoms with Crippen molar-refractivity contribution in [3.8, 4) is 0 Å². The van der Waals surface area contributed by atoms with Gasteiger partial charge in [-0.3, -0.25) is 0 Å². The van der Waals surface area contributed by atoms with Crippen molar-refractivity contribution in [3.05, 3.63) is 15.6 Å². The van der Waals surface area contributed by atoms with E-state index in [1.165, 1.54) is 0 Å². The minimum absolute atomic E-state index is 0.0940. The molecule has 0 amide bonds. The summed E-state index contributed by atoms with van der Waals surface area (Å²) < 4.78 is 5.77. The first-order chi connectivity index (χ1) is 8.24. The van der Waals surface area contributed by atoms with Crippen molar-refractivity contribution in [2.75, 3.05) is 26.7 Å². The summed E-state index contributed by atoms with van der Waals surface area (Å²) in [5, 5.41) is 11.0. The Kier molecular flexibility index (Phi) is 3.17. The average Bonchev–Trinajstić information content (AvgIpc) is 2.74. The molecule has 17 heavy (non-hydrogen) atoms. The summed E-state index contributed by atoms with van der Waals surface area (Å²) >= 11 is 1.64. The molecule has 0 radical (unpaired) electrons. The Morgan fingerprint density at radius 2 is 2.41 bits per heavy atom. The maximum Gasteiger partial charge on any atom is 0.123 e. The van der Waals surface area contributed by atoms with Gasteiger partial charge < -0.3 is 14.7 Å². The highest BCUT2D eigenvalue weighted by molar-refractivity contribution is 7.11. The molecule has 0 spiro atoms. The summed E-state index contributed by atoms with van der Waals surface area (Å²) in [4.78, 5) is 8.01. The third kappa shape index (κ3) is 2.25. The average molecular weight is 254 g/mol. The number of aliphatic hydroxyl groups excluding tert-OH is 1. The van der Waals surface area contributed by atoms with Crippen LogP contribution >= 0.6 is 11.3 Å². The van der Waals surface area contributed by atoms with Crippen LogP contribution in [0, 0.1) is 0 Å². The number of aromatic nitrogens is 1. The SMILES string of the molecule is CN1CCOC(c2nc3c(s2)C(O)CCC3)C1. The van der Waals surface area contributed by atoms with E-state index in [1.54, 1.807) is 11.3 Å². The van der Waals surface area contributed by atoms with E-state index < -0.39 is 0 Å². The van der Waals surface area contributed by atoms with Gasteiger partial charge in [0.2, 0.25) is 0 Å². The zero-order valence-electron chi connectivity index (χ0n) is 10.1. The van der Waals surface area contributed by atoms with Crippen molar-refractivity contribution >= 4 is 11.3 Å². The van der Waals surface area contributed by atoms with E-state index >= 15 is 0 Å². The fourth-order valence-electron chi connectivity index (χ4n) is 2.48. The van der Waals surface area contributed by atoms with Gasteiger partial charge in [-0.1, -0.05) is 0 Å². The third-order valence-electron chi connectivity index (χ3n) is 3.48. The monoisotopic (exact) mass is 254 g/mol. The molecule has 1 aliphatic heterocycles. The second-order valence-corrected chi connectivity index (χ2v) is 5.95. The van der Waals surface area contributed by atoms with E-state index in [0.717, 1.165) is 54.5 Å². The van der Waals surface area contributed by atoms with Crippen molar-refractivity contribution in [1.29, 1.82) is 0 Å². The lowest BCUT2D eigenvalue weighted by molar-refractivity contribution is -0.0210. The highest BCUT2D eigenvalue weighted by Gasteiger charge is 2.28. The van der Waals surface area contributed by atoms with E-state index in [4.69, 9.17) is 4.74 Å². The fraction of sp³-hybridized carbons (Fsp3) is 0.750. The number of ether oxygens (including phenoxy) is 1. The highest BCUT2D eigenvalue weighted by Crippen LogP contribution is 2.37. The molecule has 5 heteroatoms. The van der Waals surface area contributed by atoms with Crippen LogP contribution in [-0.2, 0) is 11.2 Å². The molecular formula is C12H18N2O2S. The van der Waals surface area contributed by atoms with Gasteiger partial charge in [-0.05, 0) is 26.3 Å². The highest BCUT2D eigenvalue weighted by atomic mass is 32.1. The minimum atomic E-state index is -0.300. The number of aryl methyl sites for hydroxylation is 1. The first-order valence-electron chi connectivity index (χ1n) is 6.22. The predicted molar refractivity (Wildman–Crippen MR) is 66.2 cm³/mol. The first-order valence-corrected chi connectivity index (χ1v) is 7.03. The van der Waals surface area contributed by atoms with E-state index in [-0.39, 0.29) is 12.2 Å². The van der Waals surface area contributed by atoms with Crippen molar-refractivity contribution < 1.29 is 9.84 Å². The first kappa shape index (κ1) is 11.6. The van der Waals surface area contributed by atoms with Crippen LogP contribution < -0.4 is 0 Å². The Hall–Kier alpha value is -0.490. The quantitative estimate of drug-likeness (QED) is 0.825. The van der Waals surface area contributed by atoms with Gasteiger partial charge in [0.1, 0.15) is 11.1 Å². The van der Waals surface area contributed by atoms with Crippen LogP contribution in [-0.4, -0.2) is 41.7 Å². The molecule has 94 valence electrons. The smallest absolute Gasteiger partial charge is 0.123 e. The zero-order valence-corrected chi connectivity index (χ0v) is 10.9. The van der Waals surface area contributed by atoms with Gasteiger partial charge in [-0.25, -0.2) is 4.98 Å². The molecule has 1 aromatic heterocycles. The van der Waals surface area contributed by atoms with Gasteiger partial charge >= 0.3 is 0 Å². The largest absolute Gasteiger partial charge is 0.388 e. The minimum Gasteiger partial charge on any atom is -0.388 e. The molecule has 1 aromatic rings. The molecule has 0 aromatic carbocycles. The number of likely N-dealkylation sites (N-methyl/N-ethyl adjacent to an activating group) is 1. The summed E-state index contributed by atoms with van der Waals surface area (Å²) in [7, 11) is 2.11. The molecule has 2 aliphatic rings. The molecule has 1 N–H and O–H groups in total. The molecule has 0 bridgehead atoms. The summed E-state index contributed by atoms with van der Waals surface area (Å²) in [6.45, 7) is 2.67. The summed E-state index contributed by atoms with van der Waals surface area (Å²) in [6, 6.07) is 0. The molecule has 2 unspecified atom stereocenters. The van der Waals surface area contributed by atoms with E-state index in [1.807, 2.05) is 0 Å². The van der Waals surface area contributed by atoms with Crippen LogP contribution in [0.4, 0.5) is 0 Å². The lowest BCUT2D eigenvalue weighted by atomic mass is 10.0. The molecule has 1 fully saturated rings. The van der Waals surface area contributed by atoms with E-state index in [0.29, 0.717) is 0 Å². The maximum absolute atomic E-state index is 9.94. The number of hydrogen-bond donors (Lipinski definition) is 1. The standard InChI is InChI=1S/C12H18N2O2S/c1-14-5-6-16-10(7-14)12-13-8-3-2-4-9(15)11(8)17-12/h9-10,15H,2-7H2,1H3. The van der Waals surface area contributed by atoms with Crippen molar-refractivity contribution in [2.45, 2.75) is 31.5 Å². The molecule has 1 aliphatic carbocycles. The Labute approximate surface area is 105 Å². The molecule has 2 heterocycles. The Morgan fingerprint density at radius 1 is 1.53 bits per heavy atom. The summed E-state index contributed by atoms with van der Waals surface area (Å²) in [5.41, 5.74) is 1.10. The number of fused-ring (bicyclic) bond motifs is 1. The lowest BCUT2D eigenvalue weighted by Gasteiger charge is -2.28. The number of hydrogen-bond acceptors (Lipinski definition) is 5. The van der Waals surface area contributed by atoms with Gasteiger partial charge in [-0.2, -0.15) is 0 Å². The van der Waals surface area contributed by atoms with Gasteiger partial charge in [0.05, 0.1) is 23.3 Å². The van der Waals surface area contributed by atoms with Gasteiger partial charge in [-0.15, -0.1) is 11.3 Å². The van der Waals surface area contributed by atoms with Crippen molar-refractivity contribution in [3.63, 3.8) is 0 Å². The molecule has 4 nitrogen and oxygen atoms in total. The van der Waals surface area contributed by atoms with E-state index in [9.17, 15) is 5.11 Å². The fourth-order valence-corrected chi connectivity index (χ4v) is 3.66. The van der Waals surface area contributed by atoms with Crippen LogP contribution in [0.3, 0.4) is 0 Å². The molecule has 2 atom stereocenters. The van der Waals surface area contributed by atoms with E-state index in [2.05, 4.69) is 16.9 Å². The van der Waals surface area contributed by atoms with Gasteiger partial charge in [0, 0.05) is 13.1 Å².